The van der Waals surface area contributed by atoms with Crippen molar-refractivity contribution in [3.63, 3.8) is 0 Å². The predicted octanol–water partition coefficient (Wildman–Crippen LogP) is -0.684. The molecule has 0 amide bonds. The SMILES string of the molecule is COCCOc1nc(N)nc(N2CCOCC2)n1. The van der Waals surface area contributed by atoms with Crippen molar-refractivity contribution < 1.29 is 14.2 Å². The summed E-state index contributed by atoms with van der Waals surface area (Å²) >= 11 is 0. The predicted molar refractivity (Wildman–Crippen MR) is 64.6 cm³/mol. The van der Waals surface area contributed by atoms with Crippen molar-refractivity contribution in [2.45, 2.75) is 0 Å². The number of morpholine rings is 1. The zero-order chi connectivity index (χ0) is 12.8. The van der Waals surface area contributed by atoms with Gasteiger partial charge in [0.1, 0.15) is 6.61 Å². The van der Waals surface area contributed by atoms with E-state index in [4.69, 9.17) is 19.9 Å². The Kier molecular flexibility index (Phi) is 4.48. The maximum atomic E-state index is 5.64. The van der Waals surface area contributed by atoms with Crippen LogP contribution in [0.4, 0.5) is 11.9 Å². The van der Waals surface area contributed by atoms with Gasteiger partial charge in [-0.3, -0.25) is 0 Å². The number of methoxy groups -OCH3 is 1. The third-order valence-electron chi connectivity index (χ3n) is 2.43. The summed E-state index contributed by atoms with van der Waals surface area (Å²) in [6.07, 6.45) is 0. The van der Waals surface area contributed by atoms with E-state index in [2.05, 4.69) is 15.0 Å². The summed E-state index contributed by atoms with van der Waals surface area (Å²) in [4.78, 5) is 14.2. The Morgan fingerprint density at radius 3 is 2.72 bits per heavy atom. The Hall–Kier alpha value is -1.67. The molecule has 0 saturated carbocycles. The monoisotopic (exact) mass is 255 g/mol. The lowest BCUT2D eigenvalue weighted by atomic mass is 10.4. The molecule has 8 heteroatoms. The second-order valence-electron chi connectivity index (χ2n) is 3.72. The van der Waals surface area contributed by atoms with Crippen molar-refractivity contribution in [3.8, 4) is 6.01 Å². The summed E-state index contributed by atoms with van der Waals surface area (Å²) in [5, 5.41) is 0. The second kappa shape index (κ2) is 6.31. The van der Waals surface area contributed by atoms with E-state index in [0.717, 1.165) is 13.1 Å². The van der Waals surface area contributed by atoms with Crippen molar-refractivity contribution in [3.05, 3.63) is 0 Å². The van der Waals surface area contributed by atoms with Gasteiger partial charge >= 0.3 is 6.01 Å². The van der Waals surface area contributed by atoms with E-state index in [9.17, 15) is 0 Å². The minimum Gasteiger partial charge on any atom is -0.461 e. The molecule has 1 aliphatic rings. The molecule has 18 heavy (non-hydrogen) atoms. The van der Waals surface area contributed by atoms with Gasteiger partial charge in [0.15, 0.2) is 0 Å². The number of aromatic nitrogens is 3. The number of nitrogens with two attached hydrogens (primary N) is 1. The zero-order valence-corrected chi connectivity index (χ0v) is 10.3. The van der Waals surface area contributed by atoms with Crippen LogP contribution in [0.5, 0.6) is 6.01 Å². The van der Waals surface area contributed by atoms with Gasteiger partial charge in [-0.2, -0.15) is 15.0 Å². The van der Waals surface area contributed by atoms with Gasteiger partial charge in [-0.15, -0.1) is 0 Å². The van der Waals surface area contributed by atoms with Gasteiger partial charge in [-0.1, -0.05) is 0 Å². The highest BCUT2D eigenvalue weighted by Crippen LogP contribution is 2.14. The zero-order valence-electron chi connectivity index (χ0n) is 10.3. The van der Waals surface area contributed by atoms with Crippen LogP contribution in [-0.2, 0) is 9.47 Å². The van der Waals surface area contributed by atoms with Gasteiger partial charge in [0, 0.05) is 20.2 Å². The molecule has 1 fully saturated rings. The van der Waals surface area contributed by atoms with Crippen LogP contribution in [0.3, 0.4) is 0 Å². The number of anilines is 2. The molecule has 0 radical (unpaired) electrons. The fourth-order valence-corrected chi connectivity index (χ4v) is 1.55. The van der Waals surface area contributed by atoms with Gasteiger partial charge in [-0.05, 0) is 0 Å². The van der Waals surface area contributed by atoms with Crippen LogP contribution < -0.4 is 15.4 Å². The lowest BCUT2D eigenvalue weighted by Gasteiger charge is -2.26. The fourth-order valence-electron chi connectivity index (χ4n) is 1.55. The Morgan fingerprint density at radius 1 is 1.22 bits per heavy atom. The van der Waals surface area contributed by atoms with Crippen molar-refractivity contribution in [1.29, 1.82) is 0 Å². The third-order valence-corrected chi connectivity index (χ3v) is 2.43. The highest BCUT2D eigenvalue weighted by Gasteiger charge is 2.16. The first-order chi connectivity index (χ1) is 8.79. The Bertz CT molecular complexity index is 384. The highest BCUT2D eigenvalue weighted by molar-refractivity contribution is 5.36. The Labute approximate surface area is 105 Å². The molecule has 1 aromatic rings. The molecule has 0 unspecified atom stereocenters. The molecular weight excluding hydrogens is 238 g/mol. The quantitative estimate of drug-likeness (QED) is 0.691. The van der Waals surface area contributed by atoms with Crippen LogP contribution in [0.25, 0.3) is 0 Å². The maximum Gasteiger partial charge on any atom is 0.323 e. The number of nitrogens with zero attached hydrogens (tertiary/aromatic N) is 4. The molecule has 2 N–H and O–H groups in total. The number of nitrogen functional groups attached to an aromatic ring is 1. The second-order valence-corrected chi connectivity index (χ2v) is 3.72. The van der Waals surface area contributed by atoms with E-state index in [0.29, 0.717) is 32.4 Å². The van der Waals surface area contributed by atoms with Crippen molar-refractivity contribution in [2.75, 3.05) is 57.3 Å². The maximum absolute atomic E-state index is 5.64. The van der Waals surface area contributed by atoms with Crippen LogP contribution in [0.15, 0.2) is 0 Å². The number of rotatable bonds is 5. The van der Waals surface area contributed by atoms with E-state index in [1.54, 1.807) is 7.11 Å². The molecule has 2 heterocycles. The van der Waals surface area contributed by atoms with Gasteiger partial charge in [-0.25, -0.2) is 0 Å². The molecule has 100 valence electrons. The molecule has 1 aliphatic heterocycles. The fraction of sp³-hybridized carbons (Fsp3) is 0.700. The van der Waals surface area contributed by atoms with E-state index in [1.165, 1.54) is 0 Å². The lowest BCUT2D eigenvalue weighted by Crippen LogP contribution is -2.37. The van der Waals surface area contributed by atoms with Crippen LogP contribution in [0.2, 0.25) is 0 Å². The lowest BCUT2D eigenvalue weighted by molar-refractivity contribution is 0.121. The van der Waals surface area contributed by atoms with E-state index >= 15 is 0 Å². The Morgan fingerprint density at radius 2 is 2.00 bits per heavy atom. The summed E-state index contributed by atoms with van der Waals surface area (Å²) < 4.78 is 15.5. The first-order valence-electron chi connectivity index (χ1n) is 5.75. The molecule has 0 aliphatic carbocycles. The van der Waals surface area contributed by atoms with Crippen molar-refractivity contribution >= 4 is 11.9 Å². The number of ether oxygens (including phenoxy) is 3. The average molecular weight is 255 g/mol. The number of hydrogen-bond acceptors (Lipinski definition) is 8. The summed E-state index contributed by atoms with van der Waals surface area (Å²) in [5.41, 5.74) is 5.64. The molecule has 2 rings (SSSR count). The normalized spacial score (nSPS) is 15.7. The largest absolute Gasteiger partial charge is 0.461 e. The molecule has 1 aromatic heterocycles. The van der Waals surface area contributed by atoms with E-state index in [1.807, 2.05) is 4.90 Å². The molecule has 0 aromatic carbocycles. The minimum absolute atomic E-state index is 0.152. The summed E-state index contributed by atoms with van der Waals surface area (Å²) in [7, 11) is 1.60. The molecule has 0 spiro atoms. The molecule has 0 atom stereocenters. The molecule has 1 saturated heterocycles. The van der Waals surface area contributed by atoms with Crippen molar-refractivity contribution in [1.82, 2.24) is 15.0 Å². The van der Waals surface area contributed by atoms with Crippen molar-refractivity contribution in [2.24, 2.45) is 0 Å². The molecule has 8 nitrogen and oxygen atoms in total. The standard InChI is InChI=1S/C10H17N5O3/c1-16-6-7-18-10-13-8(11)12-9(14-10)15-2-4-17-5-3-15/h2-7H2,1H3,(H2,11,12,13,14). The van der Waals surface area contributed by atoms with Gasteiger partial charge in [0.05, 0.1) is 19.8 Å². The van der Waals surface area contributed by atoms with Gasteiger partial charge in [0.25, 0.3) is 0 Å². The average Bonchev–Trinajstić information content (AvgIpc) is 2.39. The van der Waals surface area contributed by atoms with E-state index < -0.39 is 0 Å². The van der Waals surface area contributed by atoms with Crippen LogP contribution in [0, 0.1) is 0 Å². The van der Waals surface area contributed by atoms with Crippen LogP contribution in [-0.4, -0.2) is 61.6 Å². The minimum atomic E-state index is 0.152. The summed E-state index contributed by atoms with van der Waals surface area (Å²) in [6, 6.07) is 0.223. The summed E-state index contributed by atoms with van der Waals surface area (Å²) in [5.74, 6) is 0.678. The number of hydrogen-bond donors (Lipinski definition) is 1. The van der Waals surface area contributed by atoms with Gasteiger partial charge < -0.3 is 24.8 Å². The molecular formula is C10H17N5O3. The third kappa shape index (κ3) is 3.41. The Balaban J connectivity index is 2.05. The van der Waals surface area contributed by atoms with Crippen LogP contribution >= 0.6 is 0 Å². The van der Waals surface area contributed by atoms with Gasteiger partial charge in [0.2, 0.25) is 11.9 Å². The first-order valence-corrected chi connectivity index (χ1v) is 5.75. The first kappa shape index (κ1) is 12.8. The highest BCUT2D eigenvalue weighted by atomic mass is 16.5. The smallest absolute Gasteiger partial charge is 0.323 e. The van der Waals surface area contributed by atoms with Crippen LogP contribution in [0.1, 0.15) is 0 Å². The topological polar surface area (TPSA) is 95.6 Å². The van der Waals surface area contributed by atoms with E-state index in [-0.39, 0.29) is 12.0 Å². The molecule has 0 bridgehead atoms. The summed E-state index contributed by atoms with van der Waals surface area (Å²) in [6.45, 7) is 3.64.